The lowest BCUT2D eigenvalue weighted by Crippen LogP contribution is -2.43. The van der Waals surface area contributed by atoms with Gasteiger partial charge >= 0.3 is 0 Å². The maximum Gasteiger partial charge on any atom is 0.251 e. The number of rotatable bonds is 7. The average molecular weight is 458 g/mol. The van der Waals surface area contributed by atoms with E-state index in [-0.39, 0.29) is 11.9 Å². The van der Waals surface area contributed by atoms with Crippen molar-refractivity contribution in [3.63, 3.8) is 0 Å². The molecule has 176 valence electrons. The van der Waals surface area contributed by atoms with E-state index in [0.717, 1.165) is 54.0 Å². The number of ether oxygens (including phenoxy) is 1. The predicted molar refractivity (Wildman–Crippen MR) is 136 cm³/mol. The summed E-state index contributed by atoms with van der Waals surface area (Å²) in [5.74, 6) is 1.32. The zero-order valence-electron chi connectivity index (χ0n) is 19.9. The van der Waals surface area contributed by atoms with E-state index >= 15 is 0 Å². The number of hydrogen-bond acceptors (Lipinski definition) is 6. The summed E-state index contributed by atoms with van der Waals surface area (Å²) in [5, 5.41) is 13.8. The van der Waals surface area contributed by atoms with Gasteiger partial charge in [0.25, 0.3) is 5.91 Å². The third-order valence-corrected chi connectivity index (χ3v) is 6.24. The van der Waals surface area contributed by atoms with Crippen molar-refractivity contribution >= 4 is 17.8 Å². The molecule has 2 heterocycles. The second-order valence-electron chi connectivity index (χ2n) is 8.70. The summed E-state index contributed by atoms with van der Waals surface area (Å²) in [6.45, 7) is 3.98. The highest BCUT2D eigenvalue weighted by Gasteiger charge is 2.20. The van der Waals surface area contributed by atoms with E-state index in [1.54, 1.807) is 6.20 Å². The summed E-state index contributed by atoms with van der Waals surface area (Å²) in [7, 11) is 3.93. The van der Waals surface area contributed by atoms with E-state index in [1.807, 2.05) is 62.5 Å². The molecule has 7 nitrogen and oxygen atoms in total. The van der Waals surface area contributed by atoms with Crippen molar-refractivity contribution in [3.05, 3.63) is 71.4 Å². The number of anilines is 1. The van der Waals surface area contributed by atoms with Gasteiger partial charge in [0, 0.05) is 60.0 Å². The van der Waals surface area contributed by atoms with Gasteiger partial charge in [-0.05, 0) is 75.8 Å². The summed E-state index contributed by atoms with van der Waals surface area (Å²) < 4.78 is 6.04. The second kappa shape index (κ2) is 10.5. The lowest BCUT2D eigenvalue weighted by molar-refractivity contribution is 0.0916. The number of aromatic nitrogens is 1. The normalized spacial score (nSPS) is 14.4. The zero-order valence-corrected chi connectivity index (χ0v) is 19.9. The fourth-order valence-electron chi connectivity index (χ4n) is 4.20. The molecule has 3 aromatic rings. The Morgan fingerprint density at radius 1 is 1.12 bits per heavy atom. The maximum atomic E-state index is 12.8. The highest BCUT2D eigenvalue weighted by Crippen LogP contribution is 2.29. The number of carbonyl (C=O) groups is 1. The highest BCUT2D eigenvalue weighted by molar-refractivity contribution is 5.96. The van der Waals surface area contributed by atoms with Crippen LogP contribution in [0.5, 0.6) is 11.5 Å². The maximum absolute atomic E-state index is 12.8. The number of likely N-dealkylation sites (tertiary alicyclic amines) is 1. The van der Waals surface area contributed by atoms with E-state index in [2.05, 4.69) is 27.6 Å². The predicted octanol–water partition coefficient (Wildman–Crippen LogP) is 4.71. The molecule has 1 aromatic heterocycles. The van der Waals surface area contributed by atoms with E-state index in [1.165, 1.54) is 6.21 Å². The van der Waals surface area contributed by atoms with Crippen LogP contribution >= 0.6 is 0 Å². The van der Waals surface area contributed by atoms with Crippen LogP contribution in [0.1, 0.15) is 34.3 Å². The van der Waals surface area contributed by atoms with Crippen LogP contribution < -0.4 is 15.4 Å². The molecule has 0 radical (unpaired) electrons. The van der Waals surface area contributed by atoms with Gasteiger partial charge in [0.15, 0.2) is 0 Å². The Morgan fingerprint density at radius 2 is 1.88 bits per heavy atom. The molecule has 34 heavy (non-hydrogen) atoms. The van der Waals surface area contributed by atoms with Crippen LogP contribution in [0, 0.1) is 12.3 Å². The fourth-order valence-corrected chi connectivity index (χ4v) is 4.20. The van der Waals surface area contributed by atoms with Gasteiger partial charge in [0.1, 0.15) is 11.5 Å². The van der Waals surface area contributed by atoms with Gasteiger partial charge in [0.05, 0.1) is 5.69 Å². The molecule has 1 aliphatic heterocycles. The fraction of sp³-hybridized carbons (Fsp3) is 0.296. The molecule has 4 rings (SSSR count). The molecule has 3 N–H and O–H groups in total. The van der Waals surface area contributed by atoms with Crippen molar-refractivity contribution < 1.29 is 9.53 Å². The molecule has 0 saturated carbocycles. The Kier molecular flexibility index (Phi) is 7.23. The minimum Gasteiger partial charge on any atom is -0.457 e. The quantitative estimate of drug-likeness (QED) is 0.447. The van der Waals surface area contributed by atoms with Crippen molar-refractivity contribution in [1.29, 1.82) is 5.41 Å². The van der Waals surface area contributed by atoms with Crippen LogP contribution in [0.15, 0.2) is 54.7 Å². The Hall–Kier alpha value is -3.71. The standard InChI is InChI=1S/C27H31N5O2/c1-18-14-19(5-7-24(18)27(33)31-21-9-12-32(3)13-10-21)26-16-23(8-11-30-26)34-22-6-4-20(17-28)25(15-22)29-2/h4-8,11,14-17,21,28-29H,9-10,12-13H2,1-3H3,(H,31,33). The lowest BCUT2D eigenvalue weighted by atomic mass is 10.0. The Morgan fingerprint density at radius 3 is 2.59 bits per heavy atom. The topological polar surface area (TPSA) is 90.3 Å². The molecular formula is C27H31N5O2. The van der Waals surface area contributed by atoms with Crippen LogP contribution in [0.2, 0.25) is 0 Å². The van der Waals surface area contributed by atoms with E-state index < -0.39 is 0 Å². The average Bonchev–Trinajstić information content (AvgIpc) is 2.85. The SMILES string of the molecule is CNc1cc(Oc2ccnc(-c3ccc(C(=O)NC4CCN(C)CC4)c(C)c3)c2)ccc1C=N. The zero-order chi connectivity index (χ0) is 24.1. The minimum atomic E-state index is -0.0163. The monoisotopic (exact) mass is 457 g/mol. The van der Waals surface area contributed by atoms with Crippen LogP contribution in [-0.4, -0.2) is 55.2 Å². The molecule has 7 heteroatoms. The Labute approximate surface area is 200 Å². The molecular weight excluding hydrogens is 426 g/mol. The number of carbonyl (C=O) groups excluding carboxylic acids is 1. The van der Waals surface area contributed by atoms with Gasteiger partial charge in [-0.2, -0.15) is 0 Å². The van der Waals surface area contributed by atoms with E-state index in [0.29, 0.717) is 17.1 Å². The number of aryl methyl sites for hydroxylation is 1. The molecule has 0 unspecified atom stereocenters. The number of benzene rings is 2. The van der Waals surface area contributed by atoms with Gasteiger partial charge in [0.2, 0.25) is 0 Å². The smallest absolute Gasteiger partial charge is 0.251 e. The molecule has 1 fully saturated rings. The third kappa shape index (κ3) is 5.43. The van der Waals surface area contributed by atoms with Crippen LogP contribution in [-0.2, 0) is 0 Å². The first kappa shape index (κ1) is 23.4. The van der Waals surface area contributed by atoms with Crippen molar-refractivity contribution in [1.82, 2.24) is 15.2 Å². The second-order valence-corrected chi connectivity index (χ2v) is 8.70. The van der Waals surface area contributed by atoms with Gasteiger partial charge < -0.3 is 25.7 Å². The summed E-state index contributed by atoms with van der Waals surface area (Å²) in [6, 6.07) is 15.3. The van der Waals surface area contributed by atoms with Crippen LogP contribution in [0.3, 0.4) is 0 Å². The first-order valence-electron chi connectivity index (χ1n) is 11.5. The number of nitrogens with one attached hydrogen (secondary N) is 3. The van der Waals surface area contributed by atoms with Gasteiger partial charge in [-0.1, -0.05) is 6.07 Å². The molecule has 0 spiro atoms. The van der Waals surface area contributed by atoms with Crippen LogP contribution in [0.4, 0.5) is 5.69 Å². The largest absolute Gasteiger partial charge is 0.457 e. The molecule has 0 aliphatic carbocycles. The number of pyridine rings is 1. The van der Waals surface area contributed by atoms with Crippen molar-refractivity contribution in [3.8, 4) is 22.8 Å². The molecule has 0 atom stereocenters. The number of hydrogen-bond donors (Lipinski definition) is 3. The molecule has 1 aliphatic rings. The Balaban J connectivity index is 1.48. The minimum absolute atomic E-state index is 0.0163. The molecule has 0 bridgehead atoms. The highest BCUT2D eigenvalue weighted by atomic mass is 16.5. The van der Waals surface area contributed by atoms with Gasteiger partial charge in [-0.3, -0.25) is 9.78 Å². The number of nitrogens with zero attached hydrogens (tertiary/aromatic N) is 2. The van der Waals surface area contributed by atoms with Gasteiger partial charge in [-0.25, -0.2) is 0 Å². The molecule has 1 amide bonds. The summed E-state index contributed by atoms with van der Waals surface area (Å²) in [4.78, 5) is 19.6. The molecule has 1 saturated heterocycles. The van der Waals surface area contributed by atoms with Crippen molar-refractivity contribution in [2.24, 2.45) is 0 Å². The van der Waals surface area contributed by atoms with Crippen molar-refractivity contribution in [2.45, 2.75) is 25.8 Å². The van der Waals surface area contributed by atoms with Crippen molar-refractivity contribution in [2.75, 3.05) is 32.5 Å². The first-order chi connectivity index (χ1) is 16.5. The summed E-state index contributed by atoms with van der Waals surface area (Å²) in [6.07, 6.45) is 4.98. The van der Waals surface area contributed by atoms with E-state index in [4.69, 9.17) is 10.1 Å². The number of piperidine rings is 1. The van der Waals surface area contributed by atoms with E-state index in [9.17, 15) is 4.79 Å². The number of amides is 1. The lowest BCUT2D eigenvalue weighted by Gasteiger charge is -2.29. The molecule has 2 aromatic carbocycles. The summed E-state index contributed by atoms with van der Waals surface area (Å²) >= 11 is 0. The Bertz CT molecular complexity index is 1190. The summed E-state index contributed by atoms with van der Waals surface area (Å²) in [5.41, 5.74) is 4.92. The first-order valence-corrected chi connectivity index (χ1v) is 11.5. The van der Waals surface area contributed by atoms with Gasteiger partial charge in [-0.15, -0.1) is 0 Å². The third-order valence-electron chi connectivity index (χ3n) is 6.24. The van der Waals surface area contributed by atoms with Crippen LogP contribution in [0.25, 0.3) is 11.3 Å².